The summed E-state index contributed by atoms with van der Waals surface area (Å²) in [6, 6.07) is 13.6. The van der Waals surface area contributed by atoms with Gasteiger partial charge < -0.3 is 27.4 Å². The van der Waals surface area contributed by atoms with Crippen molar-refractivity contribution < 1.29 is 69.0 Å². The molecular weight excluding hydrogens is 912 g/mol. The Balaban J connectivity index is 0.000000845. The second kappa shape index (κ2) is 17.1. The second-order valence-corrected chi connectivity index (χ2v) is 10.0. The molecule has 15 heteroatoms. The third-order valence-electron chi connectivity index (χ3n) is 5.52. The van der Waals surface area contributed by atoms with E-state index >= 15 is 0 Å². The SMILES string of the molecule is OC(c1cc(Br)ccn1)C(F)(F)F.OC(c1cc(N2CCN(c3ccc(Br)cc3)CC2)ccn1)C(F)(F)F.[3H]C.[CH3-].[U]. The predicted molar refractivity (Wildman–Crippen MR) is 150 cm³/mol. The van der Waals surface area contributed by atoms with Crippen LogP contribution in [-0.2, 0) is 0 Å². The van der Waals surface area contributed by atoms with Crippen LogP contribution >= 0.6 is 31.9 Å². The maximum atomic E-state index is 12.7. The third kappa shape index (κ3) is 11.7. The molecule has 226 valence electrons. The van der Waals surface area contributed by atoms with Crippen LogP contribution in [0.1, 0.15) is 32.4 Å². The van der Waals surface area contributed by atoms with E-state index in [4.69, 9.17) is 6.48 Å². The molecule has 41 heavy (non-hydrogen) atoms. The fourth-order valence-corrected chi connectivity index (χ4v) is 4.18. The van der Waals surface area contributed by atoms with Crippen molar-refractivity contribution in [3.63, 3.8) is 0 Å². The van der Waals surface area contributed by atoms with Crippen LogP contribution in [0.2, 0.25) is 0 Å². The van der Waals surface area contributed by atoms with E-state index in [1.807, 2.05) is 29.2 Å². The number of hydrogen-bond acceptors (Lipinski definition) is 6. The van der Waals surface area contributed by atoms with Gasteiger partial charge in [0.1, 0.15) is 0 Å². The minimum absolute atomic E-state index is 0. The van der Waals surface area contributed by atoms with Crippen molar-refractivity contribution in [2.45, 2.75) is 32.0 Å². The van der Waals surface area contributed by atoms with Gasteiger partial charge in [-0.1, -0.05) is 39.3 Å². The smallest absolute Gasteiger partial charge is 0.378 e. The van der Waals surface area contributed by atoms with Crippen LogP contribution in [0.15, 0.2) is 69.9 Å². The summed E-state index contributed by atoms with van der Waals surface area (Å²) in [4.78, 5) is 11.3. The van der Waals surface area contributed by atoms with E-state index in [0.717, 1.165) is 29.3 Å². The number of halogens is 8. The second-order valence-electron chi connectivity index (χ2n) is 8.18. The van der Waals surface area contributed by atoms with Crippen LogP contribution in [0.25, 0.3) is 0 Å². The first-order valence-corrected chi connectivity index (χ1v) is 12.7. The zero-order chi connectivity index (χ0) is 30.1. The number of aliphatic hydroxyl groups is 2. The Labute approximate surface area is 277 Å². The van der Waals surface area contributed by atoms with Gasteiger partial charge in [-0.05, 0) is 48.5 Å². The van der Waals surface area contributed by atoms with Crippen LogP contribution < -0.4 is 9.80 Å². The van der Waals surface area contributed by atoms with E-state index in [0.29, 0.717) is 23.2 Å². The van der Waals surface area contributed by atoms with E-state index in [1.165, 1.54) is 31.9 Å². The van der Waals surface area contributed by atoms with Crippen LogP contribution in [0.5, 0.6) is 0 Å². The van der Waals surface area contributed by atoms with Crippen molar-refractivity contribution >= 4 is 43.2 Å². The summed E-state index contributed by atoms with van der Waals surface area (Å²) in [6.45, 7) is 2.89. The molecule has 1 aliphatic rings. The van der Waals surface area contributed by atoms with Crippen molar-refractivity contribution in [2.75, 3.05) is 36.0 Å². The molecule has 2 N–H and O–H groups in total. The first kappa shape index (κ1) is 37.7. The number of nitrogens with zero attached hydrogens (tertiary/aromatic N) is 4. The minimum atomic E-state index is -4.72. The fraction of sp³-hybridized carbons (Fsp3) is 0.346. The summed E-state index contributed by atoms with van der Waals surface area (Å²) in [6.07, 6.45) is -12.0. The zero-order valence-electron chi connectivity index (χ0n) is 23.0. The van der Waals surface area contributed by atoms with E-state index < -0.39 is 30.3 Å². The summed E-state index contributed by atoms with van der Waals surface area (Å²) < 4.78 is 81.1. The molecule has 1 aromatic carbocycles. The van der Waals surface area contributed by atoms with Gasteiger partial charge >= 0.3 is 12.4 Å². The third-order valence-corrected chi connectivity index (χ3v) is 6.55. The molecule has 0 aliphatic carbocycles. The molecule has 2 aromatic heterocycles. The number of benzene rings is 1. The molecule has 1 fully saturated rings. The molecule has 0 bridgehead atoms. The topological polar surface area (TPSA) is 72.7 Å². The average molecular weight is 943 g/mol. The van der Waals surface area contributed by atoms with Gasteiger partial charge in [0.2, 0.25) is 0 Å². The summed E-state index contributed by atoms with van der Waals surface area (Å²) in [5.74, 6) is 0. The maximum absolute atomic E-state index is 12.7. The molecule has 1 aliphatic heterocycles. The zero-order valence-corrected chi connectivity index (χ0v) is 29.3. The molecule has 0 amide bonds. The number of piperazine rings is 1. The van der Waals surface area contributed by atoms with Crippen molar-refractivity contribution in [2.24, 2.45) is 0 Å². The number of alkyl halides is 6. The standard InChI is InChI=1S/C17H17BrF3N3O.C7H5BrF3NO.CH4.CH3.U/c18-12-1-3-13(4-2-12)23-7-9-24(10-8-23)14-5-6-22-15(11-14)16(25)17(19,20)21;8-4-1-2-12-5(3-4)6(13)7(9,10)11;;;/h1-6,11,16,25H,7-10H2;1-3,6,13H;1H4;1H3;/q;;;-1;/i;;1T;;. The number of aliphatic hydroxyl groups excluding tert-OH is 2. The molecule has 1 saturated heterocycles. The monoisotopic (exact) mass is 941 g/mol. The number of aromatic nitrogens is 2. The Kier molecular flexibility index (Phi) is 15.7. The van der Waals surface area contributed by atoms with Crippen LogP contribution in [-0.4, -0.2) is 58.7 Å². The normalized spacial score (nSPS) is 15.0. The molecule has 0 spiro atoms. The van der Waals surface area contributed by atoms with E-state index in [9.17, 15) is 31.4 Å². The summed E-state index contributed by atoms with van der Waals surface area (Å²) in [5.41, 5.74) is 0.969. The molecule has 2 atom stereocenters. The number of rotatable bonds is 4. The van der Waals surface area contributed by atoms with E-state index in [-0.39, 0.29) is 44.2 Å². The van der Waals surface area contributed by atoms with Gasteiger partial charge in [-0.15, -0.1) is 0 Å². The number of anilines is 2. The van der Waals surface area contributed by atoms with Crippen molar-refractivity contribution in [1.29, 1.82) is 0 Å². The van der Waals surface area contributed by atoms with Gasteiger partial charge in [0, 0.05) is 91.4 Å². The van der Waals surface area contributed by atoms with Crippen LogP contribution in [0.4, 0.5) is 37.7 Å². The average Bonchev–Trinajstić information content (AvgIpc) is 2.93. The number of hydrogen-bond donors (Lipinski definition) is 2. The molecule has 3 aromatic rings. The van der Waals surface area contributed by atoms with Gasteiger partial charge in [0.25, 0.3) is 0 Å². The van der Waals surface area contributed by atoms with Gasteiger partial charge in [-0.3, -0.25) is 9.97 Å². The van der Waals surface area contributed by atoms with E-state index in [2.05, 4.69) is 46.7 Å². The molecular formula is C26H29Br2F6N4O2U-. The Morgan fingerprint density at radius 1 is 0.707 bits per heavy atom. The van der Waals surface area contributed by atoms with Gasteiger partial charge in [-0.2, -0.15) is 26.3 Å². The molecule has 3 heterocycles. The van der Waals surface area contributed by atoms with Gasteiger partial charge in [0.15, 0.2) is 12.2 Å². The maximum Gasteiger partial charge on any atom is 0.420 e. The quantitative estimate of drug-likeness (QED) is 0.212. The first-order valence-electron chi connectivity index (χ1n) is 12.1. The van der Waals surface area contributed by atoms with Crippen LogP contribution in [0.3, 0.4) is 0 Å². The first-order chi connectivity index (χ1) is 18.8. The largest absolute Gasteiger partial charge is 0.420 e. The van der Waals surface area contributed by atoms with Crippen molar-refractivity contribution in [1.82, 2.24) is 9.97 Å². The molecule has 0 saturated carbocycles. The Morgan fingerprint density at radius 2 is 1.12 bits per heavy atom. The fourth-order valence-electron chi connectivity index (χ4n) is 3.56. The molecule has 0 radical (unpaired) electrons. The summed E-state index contributed by atoms with van der Waals surface area (Å²) in [5, 5.41) is 18.1. The Hall–Kier alpha value is -1.37. The predicted octanol–water partition coefficient (Wildman–Crippen LogP) is 7.29. The Morgan fingerprint density at radius 3 is 1.56 bits per heavy atom. The summed E-state index contributed by atoms with van der Waals surface area (Å²) in [7, 11) is 1.25. The van der Waals surface area contributed by atoms with Gasteiger partial charge in [0.05, 0.1) is 11.4 Å². The Bertz CT molecular complexity index is 1200. The van der Waals surface area contributed by atoms with Crippen LogP contribution in [0, 0.1) is 38.5 Å². The molecule has 2 unspecified atom stereocenters. The van der Waals surface area contributed by atoms with Crippen molar-refractivity contribution in [3.8, 4) is 0 Å². The van der Waals surface area contributed by atoms with Gasteiger partial charge in [-0.25, -0.2) is 0 Å². The van der Waals surface area contributed by atoms with Crippen molar-refractivity contribution in [3.05, 3.63) is 88.7 Å². The van der Waals surface area contributed by atoms with E-state index in [1.54, 1.807) is 6.07 Å². The molecule has 4 rings (SSSR count). The number of pyridine rings is 2. The minimum Gasteiger partial charge on any atom is -0.378 e. The molecule has 6 nitrogen and oxygen atoms in total. The summed E-state index contributed by atoms with van der Waals surface area (Å²) >= 11 is 6.39.